The summed E-state index contributed by atoms with van der Waals surface area (Å²) in [6, 6.07) is 15.8. The summed E-state index contributed by atoms with van der Waals surface area (Å²) in [5, 5.41) is 9.54. The molecule has 1 aromatic carbocycles. The van der Waals surface area contributed by atoms with Crippen molar-refractivity contribution in [1.82, 2.24) is 24.4 Å². The number of hydrogen-bond acceptors (Lipinski definition) is 8. The molecule has 0 radical (unpaired) electrons. The second kappa shape index (κ2) is 10.5. The van der Waals surface area contributed by atoms with Crippen molar-refractivity contribution < 1.29 is 19.4 Å². The molecule has 2 bridgehead atoms. The van der Waals surface area contributed by atoms with Crippen molar-refractivity contribution in [2.45, 2.75) is 57.1 Å². The van der Waals surface area contributed by atoms with Gasteiger partial charge in [0.05, 0.1) is 35.8 Å². The first-order chi connectivity index (χ1) is 19.6. The van der Waals surface area contributed by atoms with Gasteiger partial charge in [0, 0.05) is 55.8 Å². The monoisotopic (exact) mass is 540 g/mol. The van der Waals surface area contributed by atoms with E-state index in [9.17, 15) is 9.90 Å². The molecule has 206 valence electrons. The molecule has 3 aliphatic heterocycles. The van der Waals surface area contributed by atoms with Crippen LogP contribution in [0.15, 0.2) is 60.9 Å². The van der Waals surface area contributed by atoms with Gasteiger partial charge in [-0.1, -0.05) is 12.1 Å². The Morgan fingerprint density at radius 1 is 1.05 bits per heavy atom. The van der Waals surface area contributed by atoms with Crippen LogP contribution < -0.4 is 9.64 Å². The number of anilines is 1. The van der Waals surface area contributed by atoms with Crippen molar-refractivity contribution in [2.24, 2.45) is 0 Å². The number of fused-ring (bicyclic) bond motifs is 3. The number of imidazole rings is 1. The topological polar surface area (TPSA) is 106 Å². The Morgan fingerprint density at radius 3 is 2.62 bits per heavy atom. The molecular weight excluding hydrogens is 508 g/mol. The average molecular weight is 541 g/mol. The molecule has 0 spiro atoms. The Labute approximate surface area is 232 Å². The van der Waals surface area contributed by atoms with Crippen molar-refractivity contribution in [3.8, 4) is 5.88 Å². The molecule has 2 unspecified atom stereocenters. The van der Waals surface area contributed by atoms with E-state index >= 15 is 0 Å². The van der Waals surface area contributed by atoms with Gasteiger partial charge in [-0.05, 0) is 49.6 Å². The van der Waals surface area contributed by atoms with Gasteiger partial charge in [0.25, 0.3) is 0 Å². The predicted octanol–water partition coefficient (Wildman–Crippen LogP) is 3.75. The number of rotatable bonds is 9. The van der Waals surface area contributed by atoms with Gasteiger partial charge >= 0.3 is 5.97 Å². The molecule has 40 heavy (non-hydrogen) atoms. The average Bonchev–Trinajstić information content (AvgIpc) is 3.42. The molecule has 3 atom stereocenters. The number of pyridine rings is 2. The van der Waals surface area contributed by atoms with E-state index in [1.165, 1.54) is 0 Å². The van der Waals surface area contributed by atoms with Crippen LogP contribution in [-0.4, -0.2) is 73.4 Å². The van der Waals surface area contributed by atoms with Crippen molar-refractivity contribution >= 4 is 22.8 Å². The summed E-state index contributed by atoms with van der Waals surface area (Å²) in [4.78, 5) is 30.6. The van der Waals surface area contributed by atoms with E-state index in [0.29, 0.717) is 37.7 Å². The second-order valence-corrected chi connectivity index (χ2v) is 10.9. The van der Waals surface area contributed by atoms with Crippen LogP contribution in [-0.2, 0) is 24.4 Å². The lowest BCUT2D eigenvalue weighted by molar-refractivity contribution is -0.0592. The summed E-state index contributed by atoms with van der Waals surface area (Å²) in [5.41, 5.74) is 2.98. The van der Waals surface area contributed by atoms with E-state index in [-0.39, 0.29) is 11.7 Å². The molecule has 0 aliphatic carbocycles. The third-order valence-electron chi connectivity index (χ3n) is 8.26. The van der Waals surface area contributed by atoms with Crippen LogP contribution >= 0.6 is 0 Å². The number of benzene rings is 1. The summed E-state index contributed by atoms with van der Waals surface area (Å²) in [7, 11) is 0. The second-order valence-electron chi connectivity index (χ2n) is 10.9. The molecule has 6 heterocycles. The van der Waals surface area contributed by atoms with Crippen LogP contribution in [0.5, 0.6) is 5.88 Å². The number of carbonyl (C=O) groups is 1. The maximum Gasteiger partial charge on any atom is 0.335 e. The van der Waals surface area contributed by atoms with Crippen LogP contribution in [0.25, 0.3) is 11.0 Å². The number of hydrogen-bond donors (Lipinski definition) is 1. The van der Waals surface area contributed by atoms with Crippen LogP contribution in [0.4, 0.5) is 5.82 Å². The molecule has 10 nitrogen and oxygen atoms in total. The van der Waals surface area contributed by atoms with Gasteiger partial charge in [-0.25, -0.2) is 9.78 Å². The van der Waals surface area contributed by atoms with Crippen molar-refractivity contribution in [3.63, 3.8) is 0 Å². The summed E-state index contributed by atoms with van der Waals surface area (Å²) in [6.45, 7) is 4.46. The fraction of sp³-hybridized carbons (Fsp3) is 0.400. The third kappa shape index (κ3) is 4.89. The zero-order valence-electron chi connectivity index (χ0n) is 22.2. The molecule has 10 heteroatoms. The minimum Gasteiger partial charge on any atom is -0.478 e. The normalized spacial score (nSPS) is 22.4. The molecule has 7 rings (SSSR count). The molecule has 4 aromatic rings. The Kier molecular flexibility index (Phi) is 6.57. The zero-order valence-corrected chi connectivity index (χ0v) is 22.2. The maximum atomic E-state index is 11.6. The molecule has 3 saturated heterocycles. The standard InChI is InChI=1S/C30H32N6O4/c37-30(38)21-6-9-25-26(13-21)35(17-24-10-12-39-24)28(32-25)18-34-15-22-7-8-23(16-34)36(22)27-4-1-5-29(33-27)40-19-20-3-2-11-31-14-20/h1-6,9,11,13-14,22-24H,7-8,10,12,15-19H2,(H,37,38)/t22?,23?,24-/m0/s1. The van der Waals surface area contributed by atoms with E-state index in [1.54, 1.807) is 18.3 Å². The van der Waals surface area contributed by atoms with Gasteiger partial charge in [-0.15, -0.1) is 0 Å². The lowest BCUT2D eigenvalue weighted by atomic mass is 10.1. The van der Waals surface area contributed by atoms with Gasteiger partial charge in [0.15, 0.2) is 0 Å². The Hall–Kier alpha value is -4.02. The Morgan fingerprint density at radius 2 is 1.90 bits per heavy atom. The highest BCUT2D eigenvalue weighted by Crippen LogP contribution is 2.35. The maximum absolute atomic E-state index is 11.6. The van der Waals surface area contributed by atoms with E-state index in [0.717, 1.165) is 67.2 Å². The number of piperazine rings is 1. The van der Waals surface area contributed by atoms with E-state index in [4.69, 9.17) is 19.4 Å². The van der Waals surface area contributed by atoms with Crippen LogP contribution in [0.1, 0.15) is 41.0 Å². The van der Waals surface area contributed by atoms with Gasteiger partial charge in [-0.3, -0.25) is 9.88 Å². The summed E-state index contributed by atoms with van der Waals surface area (Å²) in [6.07, 6.45) is 6.97. The zero-order chi connectivity index (χ0) is 27.1. The fourth-order valence-corrected chi connectivity index (χ4v) is 6.22. The molecule has 3 aromatic heterocycles. The molecule has 1 N–H and O–H groups in total. The third-order valence-corrected chi connectivity index (χ3v) is 8.26. The molecule has 3 aliphatic rings. The van der Waals surface area contributed by atoms with Crippen molar-refractivity contribution in [2.75, 3.05) is 24.6 Å². The predicted molar refractivity (Wildman–Crippen MR) is 148 cm³/mol. The Bertz CT molecular complexity index is 1510. The van der Waals surface area contributed by atoms with E-state index < -0.39 is 5.97 Å². The van der Waals surface area contributed by atoms with Crippen LogP contribution in [0, 0.1) is 0 Å². The number of ether oxygens (including phenoxy) is 2. The summed E-state index contributed by atoms with van der Waals surface area (Å²) >= 11 is 0. The van der Waals surface area contributed by atoms with Crippen LogP contribution in [0.2, 0.25) is 0 Å². The highest BCUT2D eigenvalue weighted by Gasteiger charge is 2.41. The molecular formula is C30H32N6O4. The minimum atomic E-state index is -0.927. The number of carboxylic acid groups (broad SMARTS) is 1. The fourth-order valence-electron chi connectivity index (χ4n) is 6.22. The first-order valence-corrected chi connectivity index (χ1v) is 13.9. The van der Waals surface area contributed by atoms with E-state index in [2.05, 4.69) is 25.4 Å². The molecule has 0 amide bonds. The highest BCUT2D eigenvalue weighted by molar-refractivity contribution is 5.92. The largest absolute Gasteiger partial charge is 0.478 e. The number of aromatic nitrogens is 4. The highest BCUT2D eigenvalue weighted by atomic mass is 16.5. The molecule has 3 fully saturated rings. The lowest BCUT2D eigenvalue weighted by Gasteiger charge is -2.41. The summed E-state index contributed by atoms with van der Waals surface area (Å²) < 4.78 is 13.9. The SMILES string of the molecule is O=C(O)c1ccc2nc(CN3CC4CCC(C3)N4c3cccc(OCc4cccnc4)n3)n(C[C@@H]3CCO3)c2c1. The first kappa shape index (κ1) is 25.0. The quantitative estimate of drug-likeness (QED) is 0.340. The van der Waals surface area contributed by atoms with Gasteiger partial charge in [0.1, 0.15) is 18.2 Å². The number of likely N-dealkylation sites (tertiary alicyclic amines) is 1. The van der Waals surface area contributed by atoms with E-state index in [1.807, 2.05) is 36.5 Å². The Balaban J connectivity index is 1.08. The first-order valence-electron chi connectivity index (χ1n) is 13.9. The van der Waals surface area contributed by atoms with Crippen molar-refractivity contribution in [3.05, 3.63) is 77.9 Å². The van der Waals surface area contributed by atoms with Gasteiger partial charge in [-0.2, -0.15) is 4.98 Å². The number of carboxylic acids is 1. The minimum absolute atomic E-state index is 0.149. The van der Waals surface area contributed by atoms with Gasteiger partial charge < -0.3 is 24.0 Å². The number of nitrogens with zero attached hydrogens (tertiary/aromatic N) is 6. The van der Waals surface area contributed by atoms with Crippen LogP contribution in [0.3, 0.4) is 0 Å². The smallest absolute Gasteiger partial charge is 0.335 e. The van der Waals surface area contributed by atoms with Gasteiger partial charge in [0.2, 0.25) is 5.88 Å². The summed E-state index contributed by atoms with van der Waals surface area (Å²) in [5.74, 6) is 1.62. The lowest BCUT2D eigenvalue weighted by Crippen LogP contribution is -2.54. The molecule has 0 saturated carbocycles. The van der Waals surface area contributed by atoms with Crippen molar-refractivity contribution in [1.29, 1.82) is 0 Å². The number of aromatic carboxylic acids is 1.